The molecule has 0 saturated heterocycles. The molecule has 8 heteroatoms. The van der Waals surface area contributed by atoms with Gasteiger partial charge in [-0.3, -0.25) is 15.0 Å². The standard InChI is InChI=1S/C22H27N3O3S.ClH/c1-4-24(5-2)14-13-21(26)25-17-9-7-8-10-19(17)29-20-12-11-16(15-18(20)25)23-22(27)28-6-3;/h7-12,15H,4-6,13-14H2,1-3H3,(H,23,27);1H. The maximum Gasteiger partial charge on any atom is 0.411 e. The molecule has 0 spiro atoms. The normalized spacial score (nSPS) is 11.9. The fourth-order valence-corrected chi connectivity index (χ4v) is 4.33. The first-order chi connectivity index (χ1) is 14.1. The number of amides is 2. The maximum absolute atomic E-state index is 13.3. The van der Waals surface area contributed by atoms with Crippen molar-refractivity contribution in [2.75, 3.05) is 36.5 Å². The van der Waals surface area contributed by atoms with Crippen molar-refractivity contribution in [1.82, 2.24) is 4.90 Å². The molecule has 30 heavy (non-hydrogen) atoms. The minimum absolute atomic E-state index is 0. The van der Waals surface area contributed by atoms with E-state index in [1.54, 1.807) is 23.6 Å². The van der Waals surface area contributed by atoms with Crippen molar-refractivity contribution in [3.05, 3.63) is 42.5 Å². The van der Waals surface area contributed by atoms with E-state index in [-0.39, 0.29) is 18.3 Å². The number of anilines is 3. The Morgan fingerprint density at radius 2 is 1.73 bits per heavy atom. The molecule has 0 aromatic heterocycles. The average Bonchev–Trinajstić information content (AvgIpc) is 2.72. The Labute approximate surface area is 188 Å². The first kappa shape index (κ1) is 24.1. The molecule has 0 saturated carbocycles. The van der Waals surface area contributed by atoms with Gasteiger partial charge in [0.05, 0.1) is 18.0 Å². The molecule has 0 unspecified atom stereocenters. The molecular formula is C22H28ClN3O3S. The molecule has 0 bridgehead atoms. The van der Waals surface area contributed by atoms with Crippen LogP contribution in [0.3, 0.4) is 0 Å². The molecule has 1 aliphatic heterocycles. The number of benzene rings is 2. The van der Waals surface area contributed by atoms with Crippen molar-refractivity contribution >= 4 is 53.2 Å². The SMILES string of the molecule is CCOC(=O)Nc1ccc2c(c1)N(C(=O)CCN(CC)CC)c1ccccc1S2.Cl. The van der Waals surface area contributed by atoms with Gasteiger partial charge in [-0.2, -0.15) is 0 Å². The van der Waals surface area contributed by atoms with Gasteiger partial charge in [0.2, 0.25) is 5.91 Å². The van der Waals surface area contributed by atoms with E-state index in [1.807, 2.05) is 42.5 Å². The third-order valence-corrected chi connectivity index (χ3v) is 5.96. The minimum atomic E-state index is -0.504. The summed E-state index contributed by atoms with van der Waals surface area (Å²) >= 11 is 1.63. The smallest absolute Gasteiger partial charge is 0.411 e. The van der Waals surface area contributed by atoms with Gasteiger partial charge in [-0.1, -0.05) is 37.7 Å². The summed E-state index contributed by atoms with van der Waals surface area (Å²) in [5, 5.41) is 2.73. The topological polar surface area (TPSA) is 61.9 Å². The number of carbonyl (C=O) groups excluding carboxylic acids is 2. The summed E-state index contributed by atoms with van der Waals surface area (Å²) < 4.78 is 4.97. The van der Waals surface area contributed by atoms with Crippen LogP contribution in [0.5, 0.6) is 0 Å². The van der Waals surface area contributed by atoms with Gasteiger partial charge in [0.15, 0.2) is 0 Å². The Morgan fingerprint density at radius 1 is 1.03 bits per heavy atom. The Bertz CT molecular complexity index is 890. The minimum Gasteiger partial charge on any atom is -0.450 e. The molecule has 1 heterocycles. The average molecular weight is 450 g/mol. The van der Waals surface area contributed by atoms with Crippen LogP contribution in [0.15, 0.2) is 52.3 Å². The lowest BCUT2D eigenvalue weighted by molar-refractivity contribution is -0.118. The van der Waals surface area contributed by atoms with Gasteiger partial charge in [-0.05, 0) is 50.3 Å². The van der Waals surface area contributed by atoms with Crippen LogP contribution in [0.25, 0.3) is 0 Å². The van der Waals surface area contributed by atoms with E-state index < -0.39 is 6.09 Å². The van der Waals surface area contributed by atoms with E-state index in [2.05, 4.69) is 24.1 Å². The zero-order valence-corrected chi connectivity index (χ0v) is 19.1. The molecule has 0 radical (unpaired) electrons. The highest BCUT2D eigenvalue weighted by Gasteiger charge is 2.28. The van der Waals surface area contributed by atoms with Gasteiger partial charge < -0.3 is 9.64 Å². The second-order valence-corrected chi connectivity index (χ2v) is 7.69. The lowest BCUT2D eigenvalue weighted by Gasteiger charge is -2.32. The van der Waals surface area contributed by atoms with Crippen LogP contribution in [-0.2, 0) is 9.53 Å². The summed E-state index contributed by atoms with van der Waals surface area (Å²) in [6.45, 7) is 8.81. The van der Waals surface area contributed by atoms with Crippen molar-refractivity contribution in [3.8, 4) is 0 Å². The number of halogens is 1. The summed E-state index contributed by atoms with van der Waals surface area (Å²) in [7, 11) is 0. The largest absolute Gasteiger partial charge is 0.450 e. The summed E-state index contributed by atoms with van der Waals surface area (Å²) in [4.78, 5) is 31.1. The Morgan fingerprint density at radius 3 is 2.43 bits per heavy atom. The molecule has 162 valence electrons. The number of rotatable bonds is 7. The van der Waals surface area contributed by atoms with Gasteiger partial charge in [-0.25, -0.2) is 4.79 Å². The molecular weight excluding hydrogens is 422 g/mol. The van der Waals surface area contributed by atoms with E-state index in [0.29, 0.717) is 25.3 Å². The Balaban J connectivity index is 0.00000320. The number of ether oxygens (including phenoxy) is 1. The molecule has 6 nitrogen and oxygen atoms in total. The number of nitrogens with zero attached hydrogens (tertiary/aromatic N) is 2. The highest BCUT2D eigenvalue weighted by atomic mass is 35.5. The summed E-state index contributed by atoms with van der Waals surface area (Å²) in [6, 6.07) is 13.5. The first-order valence-corrected chi connectivity index (χ1v) is 10.8. The quantitative estimate of drug-likeness (QED) is 0.601. The van der Waals surface area contributed by atoms with Gasteiger partial charge in [0.25, 0.3) is 0 Å². The monoisotopic (exact) mass is 449 g/mol. The van der Waals surface area contributed by atoms with Gasteiger partial charge in [0.1, 0.15) is 0 Å². The second kappa shape index (κ2) is 11.2. The second-order valence-electron chi connectivity index (χ2n) is 6.60. The highest BCUT2D eigenvalue weighted by Crippen LogP contribution is 2.49. The number of hydrogen-bond donors (Lipinski definition) is 1. The highest BCUT2D eigenvalue weighted by molar-refractivity contribution is 7.99. The van der Waals surface area contributed by atoms with Crippen molar-refractivity contribution in [3.63, 3.8) is 0 Å². The predicted octanol–water partition coefficient (Wildman–Crippen LogP) is 5.54. The van der Waals surface area contributed by atoms with Crippen LogP contribution in [0.2, 0.25) is 0 Å². The first-order valence-electron chi connectivity index (χ1n) is 9.97. The van der Waals surface area contributed by atoms with Crippen LogP contribution in [-0.4, -0.2) is 43.1 Å². The van der Waals surface area contributed by atoms with E-state index >= 15 is 0 Å². The fourth-order valence-electron chi connectivity index (χ4n) is 3.29. The van der Waals surface area contributed by atoms with E-state index in [0.717, 1.165) is 34.3 Å². The Kier molecular flexibility index (Phi) is 9.02. The third-order valence-electron chi connectivity index (χ3n) is 4.83. The third kappa shape index (κ3) is 5.47. The van der Waals surface area contributed by atoms with Crippen molar-refractivity contribution in [2.45, 2.75) is 37.0 Å². The molecule has 1 aliphatic rings. The van der Waals surface area contributed by atoms with Gasteiger partial charge in [-0.15, -0.1) is 12.4 Å². The summed E-state index contributed by atoms with van der Waals surface area (Å²) in [6.07, 6.45) is -0.0777. The zero-order chi connectivity index (χ0) is 20.8. The van der Waals surface area contributed by atoms with Crippen LogP contribution >= 0.6 is 24.2 Å². The fraction of sp³-hybridized carbons (Fsp3) is 0.364. The molecule has 0 atom stereocenters. The molecule has 2 aromatic carbocycles. The molecule has 0 fully saturated rings. The van der Waals surface area contributed by atoms with Crippen LogP contribution < -0.4 is 10.2 Å². The molecule has 1 N–H and O–H groups in total. The van der Waals surface area contributed by atoms with Crippen LogP contribution in [0.4, 0.5) is 21.9 Å². The number of nitrogens with one attached hydrogen (secondary N) is 1. The van der Waals surface area contributed by atoms with Crippen molar-refractivity contribution < 1.29 is 14.3 Å². The lowest BCUT2D eigenvalue weighted by Crippen LogP contribution is -2.33. The lowest BCUT2D eigenvalue weighted by atomic mass is 10.2. The van der Waals surface area contributed by atoms with Crippen LogP contribution in [0, 0.1) is 0 Å². The molecule has 2 aromatic rings. The molecule has 0 aliphatic carbocycles. The van der Waals surface area contributed by atoms with Gasteiger partial charge in [0, 0.05) is 28.4 Å². The van der Waals surface area contributed by atoms with E-state index in [1.165, 1.54) is 0 Å². The number of fused-ring (bicyclic) bond motifs is 2. The maximum atomic E-state index is 13.3. The molecule has 2 amide bonds. The number of para-hydroxylation sites is 1. The van der Waals surface area contributed by atoms with Crippen molar-refractivity contribution in [2.24, 2.45) is 0 Å². The zero-order valence-electron chi connectivity index (χ0n) is 17.5. The van der Waals surface area contributed by atoms with Crippen LogP contribution in [0.1, 0.15) is 27.2 Å². The van der Waals surface area contributed by atoms with Gasteiger partial charge >= 0.3 is 6.09 Å². The summed E-state index contributed by atoms with van der Waals surface area (Å²) in [5.74, 6) is 0.0409. The Hall–Kier alpha value is -2.22. The summed E-state index contributed by atoms with van der Waals surface area (Å²) in [5.41, 5.74) is 2.26. The number of hydrogen-bond acceptors (Lipinski definition) is 5. The molecule has 3 rings (SSSR count). The van der Waals surface area contributed by atoms with Crippen molar-refractivity contribution in [1.29, 1.82) is 0 Å². The van der Waals surface area contributed by atoms with E-state index in [4.69, 9.17) is 4.74 Å². The number of carbonyl (C=O) groups is 2. The van der Waals surface area contributed by atoms with E-state index in [9.17, 15) is 9.59 Å². The predicted molar refractivity (Wildman–Crippen MR) is 124 cm³/mol.